The van der Waals surface area contributed by atoms with E-state index in [4.69, 9.17) is 4.74 Å². The highest BCUT2D eigenvalue weighted by atomic mass is 19.1. The summed E-state index contributed by atoms with van der Waals surface area (Å²) in [6.07, 6.45) is 2.33. The number of nitrogens with zero attached hydrogens (tertiary/aromatic N) is 1. The van der Waals surface area contributed by atoms with Crippen LogP contribution in [0, 0.1) is 11.6 Å². The summed E-state index contributed by atoms with van der Waals surface area (Å²) in [5, 5.41) is 3.26. The Bertz CT molecular complexity index is 434. The van der Waals surface area contributed by atoms with Crippen LogP contribution < -0.4 is 10.2 Å². The standard InChI is InChI=1S/C14H18F2N2O/c15-12-7-10(9-17-11-1-2-11)8-13(16)14(12)18-3-5-19-6-4-18/h7-8,11,17H,1-6,9H2. The second kappa shape index (κ2) is 5.43. The molecular weight excluding hydrogens is 250 g/mol. The van der Waals surface area contributed by atoms with Crippen LogP contribution in [0.4, 0.5) is 14.5 Å². The summed E-state index contributed by atoms with van der Waals surface area (Å²) in [6.45, 7) is 2.64. The number of ether oxygens (including phenoxy) is 1. The number of morpholine rings is 1. The molecule has 1 saturated carbocycles. The van der Waals surface area contributed by atoms with E-state index >= 15 is 0 Å². The first-order valence-electron chi connectivity index (χ1n) is 6.78. The second-order valence-corrected chi connectivity index (χ2v) is 5.16. The van der Waals surface area contributed by atoms with Gasteiger partial charge in [0.05, 0.1) is 13.2 Å². The molecule has 2 fully saturated rings. The van der Waals surface area contributed by atoms with E-state index in [9.17, 15) is 8.78 Å². The van der Waals surface area contributed by atoms with Crippen molar-refractivity contribution in [2.45, 2.75) is 25.4 Å². The molecule has 19 heavy (non-hydrogen) atoms. The van der Waals surface area contributed by atoms with E-state index < -0.39 is 11.6 Å². The summed E-state index contributed by atoms with van der Waals surface area (Å²) in [6, 6.07) is 3.40. The zero-order valence-corrected chi connectivity index (χ0v) is 10.8. The Kier molecular flexibility index (Phi) is 3.66. The Morgan fingerprint density at radius 3 is 2.37 bits per heavy atom. The number of hydrogen-bond acceptors (Lipinski definition) is 3. The van der Waals surface area contributed by atoms with Crippen molar-refractivity contribution in [3.63, 3.8) is 0 Å². The van der Waals surface area contributed by atoms with Gasteiger partial charge in [-0.3, -0.25) is 0 Å². The van der Waals surface area contributed by atoms with Crippen molar-refractivity contribution in [2.24, 2.45) is 0 Å². The van der Waals surface area contributed by atoms with Crippen LogP contribution >= 0.6 is 0 Å². The molecule has 3 nitrogen and oxygen atoms in total. The van der Waals surface area contributed by atoms with Gasteiger partial charge in [-0.15, -0.1) is 0 Å². The van der Waals surface area contributed by atoms with Crippen molar-refractivity contribution in [3.8, 4) is 0 Å². The molecule has 1 aliphatic carbocycles. The zero-order valence-electron chi connectivity index (χ0n) is 10.8. The van der Waals surface area contributed by atoms with Crippen LogP contribution in [0.1, 0.15) is 18.4 Å². The summed E-state index contributed by atoms with van der Waals surface area (Å²) < 4.78 is 33.4. The molecule has 104 valence electrons. The number of benzene rings is 1. The highest BCUT2D eigenvalue weighted by Crippen LogP contribution is 2.26. The lowest BCUT2D eigenvalue weighted by Gasteiger charge is -2.29. The van der Waals surface area contributed by atoms with Crippen LogP contribution in [-0.2, 0) is 11.3 Å². The highest BCUT2D eigenvalue weighted by molar-refractivity contribution is 5.51. The highest BCUT2D eigenvalue weighted by Gasteiger charge is 2.22. The second-order valence-electron chi connectivity index (χ2n) is 5.16. The predicted octanol–water partition coefficient (Wildman–Crippen LogP) is 2.05. The molecule has 0 aromatic heterocycles. The van der Waals surface area contributed by atoms with E-state index in [-0.39, 0.29) is 5.69 Å². The molecule has 2 aliphatic rings. The van der Waals surface area contributed by atoms with Crippen molar-refractivity contribution >= 4 is 5.69 Å². The quantitative estimate of drug-likeness (QED) is 0.904. The number of hydrogen-bond donors (Lipinski definition) is 1. The summed E-state index contributed by atoms with van der Waals surface area (Å²) in [5.41, 5.74) is 0.748. The fourth-order valence-corrected chi connectivity index (χ4v) is 2.36. The lowest BCUT2D eigenvalue weighted by atomic mass is 10.1. The van der Waals surface area contributed by atoms with E-state index in [1.165, 1.54) is 12.1 Å². The molecule has 0 bridgehead atoms. The van der Waals surface area contributed by atoms with Crippen LogP contribution in [0.5, 0.6) is 0 Å². The molecule has 3 rings (SSSR count). The molecule has 1 aromatic carbocycles. The first kappa shape index (κ1) is 12.8. The lowest BCUT2D eigenvalue weighted by Crippen LogP contribution is -2.37. The zero-order chi connectivity index (χ0) is 13.2. The van der Waals surface area contributed by atoms with Gasteiger partial charge in [-0.1, -0.05) is 0 Å². The van der Waals surface area contributed by atoms with Crippen molar-refractivity contribution in [2.75, 3.05) is 31.2 Å². The number of nitrogens with one attached hydrogen (secondary N) is 1. The van der Waals surface area contributed by atoms with Gasteiger partial charge in [-0.2, -0.15) is 0 Å². The van der Waals surface area contributed by atoms with Gasteiger partial charge < -0.3 is 15.0 Å². The molecule has 5 heteroatoms. The lowest BCUT2D eigenvalue weighted by molar-refractivity contribution is 0.122. The fraction of sp³-hybridized carbons (Fsp3) is 0.571. The Labute approximate surface area is 111 Å². The third kappa shape index (κ3) is 3.04. The third-order valence-electron chi connectivity index (χ3n) is 3.58. The monoisotopic (exact) mass is 268 g/mol. The maximum Gasteiger partial charge on any atom is 0.149 e. The minimum absolute atomic E-state index is 0.0819. The summed E-state index contributed by atoms with van der Waals surface area (Å²) in [5.74, 6) is -0.955. The van der Waals surface area contributed by atoms with Gasteiger partial charge in [0.1, 0.15) is 17.3 Å². The Morgan fingerprint density at radius 1 is 1.16 bits per heavy atom. The Morgan fingerprint density at radius 2 is 1.79 bits per heavy atom. The normalized spacial score (nSPS) is 19.8. The minimum Gasteiger partial charge on any atom is -0.378 e. The average molecular weight is 268 g/mol. The van der Waals surface area contributed by atoms with E-state index in [0.717, 1.165) is 12.8 Å². The van der Waals surface area contributed by atoms with E-state index in [2.05, 4.69) is 5.32 Å². The smallest absolute Gasteiger partial charge is 0.149 e. The molecule has 1 aliphatic heterocycles. The molecular formula is C14H18F2N2O. The van der Waals surface area contributed by atoms with Crippen molar-refractivity contribution in [3.05, 3.63) is 29.3 Å². The third-order valence-corrected chi connectivity index (χ3v) is 3.58. The molecule has 0 amide bonds. The van der Waals surface area contributed by atoms with E-state index in [0.29, 0.717) is 44.5 Å². The van der Waals surface area contributed by atoms with Gasteiger partial charge in [0.2, 0.25) is 0 Å². The summed E-state index contributed by atoms with van der Waals surface area (Å²) >= 11 is 0. The Hall–Kier alpha value is -1.20. The average Bonchev–Trinajstić information content (AvgIpc) is 3.21. The van der Waals surface area contributed by atoms with Crippen molar-refractivity contribution in [1.82, 2.24) is 5.32 Å². The van der Waals surface area contributed by atoms with Crippen LogP contribution in [0.2, 0.25) is 0 Å². The number of anilines is 1. The predicted molar refractivity (Wildman–Crippen MR) is 69.3 cm³/mol. The first-order chi connectivity index (χ1) is 9.24. The van der Waals surface area contributed by atoms with Gasteiger partial charge in [0.25, 0.3) is 0 Å². The van der Waals surface area contributed by atoms with Gasteiger partial charge in [-0.25, -0.2) is 8.78 Å². The summed E-state index contributed by atoms with van der Waals surface area (Å²) in [4.78, 5) is 1.71. The largest absolute Gasteiger partial charge is 0.378 e. The molecule has 1 heterocycles. The first-order valence-corrected chi connectivity index (χ1v) is 6.78. The van der Waals surface area contributed by atoms with E-state index in [1.807, 2.05) is 0 Å². The number of halogens is 2. The fourth-order valence-electron chi connectivity index (χ4n) is 2.36. The number of rotatable bonds is 4. The summed E-state index contributed by atoms with van der Waals surface area (Å²) in [7, 11) is 0. The molecule has 0 atom stereocenters. The maximum atomic E-state index is 14.1. The van der Waals surface area contributed by atoms with Crippen molar-refractivity contribution < 1.29 is 13.5 Å². The van der Waals surface area contributed by atoms with Gasteiger partial charge >= 0.3 is 0 Å². The van der Waals surface area contributed by atoms with Gasteiger partial charge in [0, 0.05) is 25.7 Å². The van der Waals surface area contributed by atoms with Crippen LogP contribution in [0.25, 0.3) is 0 Å². The van der Waals surface area contributed by atoms with Crippen LogP contribution in [-0.4, -0.2) is 32.3 Å². The van der Waals surface area contributed by atoms with Gasteiger partial charge in [-0.05, 0) is 30.5 Å². The Balaban J connectivity index is 1.75. The molecule has 1 aromatic rings. The molecule has 0 radical (unpaired) electrons. The van der Waals surface area contributed by atoms with E-state index in [1.54, 1.807) is 4.90 Å². The minimum atomic E-state index is -0.477. The molecule has 0 unspecified atom stereocenters. The van der Waals surface area contributed by atoms with Crippen LogP contribution in [0.3, 0.4) is 0 Å². The molecule has 1 N–H and O–H groups in total. The maximum absolute atomic E-state index is 14.1. The van der Waals surface area contributed by atoms with Crippen molar-refractivity contribution in [1.29, 1.82) is 0 Å². The molecule has 0 spiro atoms. The van der Waals surface area contributed by atoms with Gasteiger partial charge in [0.15, 0.2) is 0 Å². The molecule has 1 saturated heterocycles. The topological polar surface area (TPSA) is 24.5 Å². The van der Waals surface area contributed by atoms with Crippen LogP contribution in [0.15, 0.2) is 12.1 Å². The SMILES string of the molecule is Fc1cc(CNC2CC2)cc(F)c1N1CCOCC1.